The first-order valence-corrected chi connectivity index (χ1v) is 8.72. The van der Waals surface area contributed by atoms with E-state index >= 15 is 0 Å². The van der Waals surface area contributed by atoms with Crippen molar-refractivity contribution in [1.29, 1.82) is 0 Å². The van der Waals surface area contributed by atoms with Gasteiger partial charge in [-0.1, -0.05) is 0 Å². The first kappa shape index (κ1) is 16.5. The van der Waals surface area contributed by atoms with Crippen LogP contribution >= 0.6 is 19.4 Å². The topological polar surface area (TPSA) is 108 Å². The van der Waals surface area contributed by atoms with Gasteiger partial charge in [-0.2, -0.15) is 0 Å². The number of esters is 1. The van der Waals surface area contributed by atoms with Gasteiger partial charge in [-0.3, -0.25) is 19.1 Å². The highest BCUT2D eigenvalue weighted by Crippen LogP contribution is 2.61. The molecule has 10 heteroatoms. The van der Waals surface area contributed by atoms with Crippen LogP contribution in [0.25, 0.3) is 0 Å². The number of hydrogen-bond acceptors (Lipinski definition) is 8. The summed E-state index contributed by atoms with van der Waals surface area (Å²) >= 11 is 1.42. The molecule has 2 rings (SSSR count). The maximum Gasteiger partial charge on any atom is 0.377 e. The van der Waals surface area contributed by atoms with E-state index in [1.165, 1.54) is 37.8 Å². The highest BCUT2D eigenvalue weighted by Gasteiger charge is 2.55. The van der Waals surface area contributed by atoms with Gasteiger partial charge in [0, 0.05) is 32.5 Å². The number of thioether (sulfide) groups is 1. The van der Waals surface area contributed by atoms with Crippen LogP contribution in [0.3, 0.4) is 0 Å². The van der Waals surface area contributed by atoms with Gasteiger partial charge in [0.2, 0.25) is 5.91 Å². The maximum atomic E-state index is 12.7. The van der Waals surface area contributed by atoms with E-state index in [1.54, 1.807) is 0 Å². The zero-order valence-electron chi connectivity index (χ0n) is 11.9. The van der Waals surface area contributed by atoms with Crippen molar-refractivity contribution < 1.29 is 27.9 Å². The van der Waals surface area contributed by atoms with Gasteiger partial charge in [-0.25, -0.2) is 0 Å². The zero-order valence-corrected chi connectivity index (χ0v) is 13.6. The Morgan fingerprint density at radius 1 is 1.48 bits per heavy atom. The monoisotopic (exact) mass is 336 g/mol. The largest absolute Gasteiger partial charge is 0.461 e. The van der Waals surface area contributed by atoms with Crippen molar-refractivity contribution in [3.8, 4) is 0 Å². The average Bonchev–Trinajstić information content (AvgIpc) is 2.50. The predicted molar refractivity (Wildman–Crippen MR) is 76.4 cm³/mol. The van der Waals surface area contributed by atoms with Crippen molar-refractivity contribution in [3.05, 3.63) is 11.0 Å². The second-order valence-corrected chi connectivity index (χ2v) is 7.76. The lowest BCUT2D eigenvalue weighted by molar-refractivity contribution is -0.141. The number of nitrogens with two attached hydrogens (primary N) is 1. The highest BCUT2D eigenvalue weighted by molar-refractivity contribution is 8.00. The minimum absolute atomic E-state index is 0.0693. The van der Waals surface area contributed by atoms with Gasteiger partial charge < -0.3 is 19.5 Å². The van der Waals surface area contributed by atoms with Gasteiger partial charge >= 0.3 is 13.6 Å². The Labute approximate surface area is 126 Å². The van der Waals surface area contributed by atoms with E-state index in [1.807, 2.05) is 0 Å². The molecule has 0 radical (unpaired) electrons. The molecule has 0 aromatic heterocycles. The van der Waals surface area contributed by atoms with E-state index in [9.17, 15) is 14.2 Å². The van der Waals surface area contributed by atoms with Crippen LogP contribution in [-0.2, 0) is 27.9 Å². The lowest BCUT2D eigenvalue weighted by Gasteiger charge is -2.49. The molecule has 2 aliphatic rings. The van der Waals surface area contributed by atoms with E-state index in [2.05, 4.69) is 0 Å². The molecular formula is C11H17N2O6PS. The summed E-state index contributed by atoms with van der Waals surface area (Å²) in [6, 6.07) is -0.637. The summed E-state index contributed by atoms with van der Waals surface area (Å²) in [6.45, 7) is 1.20. The molecule has 2 aliphatic heterocycles. The summed E-state index contributed by atoms with van der Waals surface area (Å²) in [7, 11) is -1.18. The maximum absolute atomic E-state index is 12.7. The van der Waals surface area contributed by atoms with Crippen LogP contribution in [0.4, 0.5) is 0 Å². The van der Waals surface area contributed by atoms with Crippen molar-refractivity contribution in [1.82, 2.24) is 4.90 Å². The molecule has 1 fully saturated rings. The van der Waals surface area contributed by atoms with Crippen molar-refractivity contribution >= 4 is 31.2 Å². The Bertz CT molecular complexity index is 543. The van der Waals surface area contributed by atoms with Crippen LogP contribution in [0, 0.1) is 0 Å². The smallest absolute Gasteiger partial charge is 0.377 e. The van der Waals surface area contributed by atoms with E-state index in [0.29, 0.717) is 11.3 Å². The Balaban J connectivity index is 2.42. The first-order valence-electron chi connectivity index (χ1n) is 6.13. The van der Waals surface area contributed by atoms with E-state index in [4.69, 9.17) is 19.5 Å². The summed E-state index contributed by atoms with van der Waals surface area (Å²) in [4.78, 5) is 24.3. The van der Waals surface area contributed by atoms with Crippen LogP contribution in [0.15, 0.2) is 11.0 Å². The van der Waals surface area contributed by atoms with Crippen molar-refractivity contribution in [2.45, 2.75) is 18.3 Å². The Morgan fingerprint density at radius 2 is 2.10 bits per heavy atom. The van der Waals surface area contributed by atoms with Crippen molar-refractivity contribution in [2.24, 2.45) is 5.73 Å². The van der Waals surface area contributed by atoms with E-state index < -0.39 is 19.6 Å². The third kappa shape index (κ3) is 2.76. The molecule has 1 amide bonds. The molecule has 0 unspecified atom stereocenters. The Hall–Kier alpha value is -0.860. The minimum atomic E-state index is -3.65. The summed E-state index contributed by atoms with van der Waals surface area (Å²) < 4.78 is 27.7. The molecular weight excluding hydrogens is 319 g/mol. The second kappa shape index (κ2) is 6.10. The van der Waals surface area contributed by atoms with Gasteiger partial charge in [-0.15, -0.1) is 11.8 Å². The Kier molecular flexibility index (Phi) is 4.79. The molecule has 0 spiro atoms. The van der Waals surface area contributed by atoms with Crippen LogP contribution in [0.2, 0.25) is 0 Å². The van der Waals surface area contributed by atoms with Gasteiger partial charge in [0.1, 0.15) is 23.5 Å². The number of ether oxygens (including phenoxy) is 1. The molecule has 2 N–H and O–H groups in total. The lowest BCUT2D eigenvalue weighted by Crippen LogP contribution is -2.67. The number of carbonyl (C=O) groups excluding carboxylic acids is 2. The molecule has 0 aliphatic carbocycles. The van der Waals surface area contributed by atoms with E-state index in [0.717, 1.165) is 0 Å². The van der Waals surface area contributed by atoms with Gasteiger partial charge in [0.25, 0.3) is 0 Å². The van der Waals surface area contributed by atoms with Crippen molar-refractivity contribution in [3.63, 3.8) is 0 Å². The summed E-state index contributed by atoms with van der Waals surface area (Å²) in [5.41, 5.74) is 6.41. The molecule has 118 valence electrons. The summed E-state index contributed by atoms with van der Waals surface area (Å²) in [5, 5.41) is -0.299. The van der Waals surface area contributed by atoms with Crippen LogP contribution in [0.1, 0.15) is 6.92 Å². The Morgan fingerprint density at radius 3 is 2.62 bits per heavy atom. The fourth-order valence-corrected chi connectivity index (χ4v) is 5.15. The van der Waals surface area contributed by atoms with Crippen LogP contribution < -0.4 is 5.73 Å². The number of amides is 1. The number of hydrogen-bond donors (Lipinski definition) is 1. The molecule has 21 heavy (non-hydrogen) atoms. The fourth-order valence-electron chi connectivity index (χ4n) is 2.18. The average molecular weight is 336 g/mol. The van der Waals surface area contributed by atoms with Gasteiger partial charge in [-0.05, 0) is 0 Å². The molecule has 0 aromatic rings. The predicted octanol–water partition coefficient (Wildman–Crippen LogP) is 0.489. The molecule has 2 atom stereocenters. The standard InChI is InChI=1S/C11H17N2O6PS/c1-6(14)19-4-7-5-21-11-8(12)9(15)13(11)10(7)20(16,17-2)18-3/h8,11H,4-5,12H2,1-3H3/t8-,11+/m0/s1. The molecule has 0 bridgehead atoms. The molecule has 0 saturated carbocycles. The van der Waals surface area contributed by atoms with Crippen molar-refractivity contribution in [2.75, 3.05) is 26.6 Å². The first-order chi connectivity index (χ1) is 9.85. The second-order valence-electron chi connectivity index (χ2n) is 4.51. The molecule has 2 heterocycles. The summed E-state index contributed by atoms with van der Waals surface area (Å²) in [6.07, 6.45) is 0. The quantitative estimate of drug-likeness (QED) is 0.439. The summed E-state index contributed by atoms with van der Waals surface area (Å²) in [5.74, 6) is -0.385. The zero-order chi connectivity index (χ0) is 15.8. The molecule has 0 aromatic carbocycles. The molecule has 8 nitrogen and oxygen atoms in total. The lowest BCUT2D eigenvalue weighted by atomic mass is 10.1. The number of β-lactam (4-membered cyclic amide) rings is 1. The minimum Gasteiger partial charge on any atom is -0.461 e. The number of carbonyl (C=O) groups is 2. The third-order valence-electron chi connectivity index (χ3n) is 3.25. The number of nitrogens with zero attached hydrogens (tertiary/aromatic N) is 1. The third-order valence-corrected chi connectivity index (χ3v) is 6.62. The van der Waals surface area contributed by atoms with Crippen LogP contribution in [-0.4, -0.2) is 54.8 Å². The number of rotatable bonds is 5. The van der Waals surface area contributed by atoms with Crippen LogP contribution in [0.5, 0.6) is 0 Å². The fraction of sp³-hybridized carbons (Fsp3) is 0.636. The highest BCUT2D eigenvalue weighted by atomic mass is 32.2. The van der Waals surface area contributed by atoms with E-state index in [-0.39, 0.29) is 23.3 Å². The SMILES string of the molecule is COP(=O)(OC)C1=C(COC(C)=O)CS[C@@H]2[C@@H](N)C(=O)N12. The normalized spacial score (nSPS) is 25.5. The van der Waals surface area contributed by atoms with Gasteiger partial charge in [0.15, 0.2) is 0 Å². The van der Waals surface area contributed by atoms with Gasteiger partial charge in [0.05, 0.1) is 0 Å². The molecule has 1 saturated heterocycles. The number of fused-ring (bicyclic) bond motifs is 1.